The zero-order valence-electron chi connectivity index (χ0n) is 12.8. The van der Waals surface area contributed by atoms with Crippen LogP contribution in [-0.4, -0.2) is 40.0 Å². The third-order valence-electron chi connectivity index (χ3n) is 4.25. The number of hydrogen-bond acceptors (Lipinski definition) is 3. The first-order chi connectivity index (χ1) is 10.1. The van der Waals surface area contributed by atoms with E-state index in [9.17, 15) is 5.11 Å². The van der Waals surface area contributed by atoms with Gasteiger partial charge in [0.2, 0.25) is 0 Å². The van der Waals surface area contributed by atoms with Crippen molar-refractivity contribution in [2.45, 2.75) is 26.3 Å². The highest BCUT2D eigenvalue weighted by Gasteiger charge is 2.42. The Labute approximate surface area is 126 Å². The number of hydrogen-bond donors (Lipinski definition) is 1. The van der Waals surface area contributed by atoms with Crippen LogP contribution < -0.4 is 0 Å². The second-order valence-electron chi connectivity index (χ2n) is 6.46. The molecule has 0 saturated heterocycles. The number of nitrogens with zero attached hydrogens (tertiary/aromatic N) is 3. The van der Waals surface area contributed by atoms with E-state index >= 15 is 0 Å². The van der Waals surface area contributed by atoms with Gasteiger partial charge < -0.3 is 10.0 Å². The van der Waals surface area contributed by atoms with E-state index in [2.05, 4.69) is 54.4 Å². The van der Waals surface area contributed by atoms with Gasteiger partial charge in [-0.15, -0.1) is 0 Å². The van der Waals surface area contributed by atoms with Crippen molar-refractivity contribution >= 4 is 0 Å². The molecule has 1 heterocycles. The van der Waals surface area contributed by atoms with Gasteiger partial charge in [-0.1, -0.05) is 12.1 Å². The summed E-state index contributed by atoms with van der Waals surface area (Å²) in [5.74, 6) is 0. The Kier molecular flexibility index (Phi) is 3.83. The van der Waals surface area contributed by atoms with Crippen LogP contribution in [0.5, 0.6) is 0 Å². The van der Waals surface area contributed by atoms with Crippen molar-refractivity contribution in [1.82, 2.24) is 14.7 Å². The van der Waals surface area contributed by atoms with Crippen LogP contribution in [0.25, 0.3) is 5.69 Å². The lowest BCUT2D eigenvalue weighted by atomic mass is 10.1. The predicted octanol–water partition coefficient (Wildman–Crippen LogP) is 2.39. The van der Waals surface area contributed by atoms with Crippen LogP contribution in [0.2, 0.25) is 0 Å². The summed E-state index contributed by atoms with van der Waals surface area (Å²) < 4.78 is 1.93. The SMILES string of the molecule is Cc1cccc(-n2cc(CN(C)CC3(CO)CC3)cn2)c1. The number of aromatic nitrogens is 2. The van der Waals surface area contributed by atoms with Gasteiger partial charge in [-0.05, 0) is 44.5 Å². The summed E-state index contributed by atoms with van der Waals surface area (Å²) in [5.41, 5.74) is 3.70. The molecule has 0 atom stereocenters. The Hall–Kier alpha value is -1.65. The molecule has 1 aliphatic rings. The maximum atomic E-state index is 9.41. The molecule has 3 rings (SSSR count). The first kappa shape index (κ1) is 14.3. The van der Waals surface area contributed by atoms with E-state index in [0.717, 1.165) is 31.6 Å². The predicted molar refractivity (Wildman–Crippen MR) is 83.4 cm³/mol. The Morgan fingerprint density at radius 3 is 2.86 bits per heavy atom. The van der Waals surface area contributed by atoms with E-state index in [4.69, 9.17) is 0 Å². The number of aliphatic hydroxyl groups excluding tert-OH is 1. The third-order valence-corrected chi connectivity index (χ3v) is 4.25. The summed E-state index contributed by atoms with van der Waals surface area (Å²) in [7, 11) is 2.11. The van der Waals surface area contributed by atoms with E-state index < -0.39 is 0 Å². The average molecular weight is 285 g/mol. The quantitative estimate of drug-likeness (QED) is 0.886. The Bertz CT molecular complexity index is 616. The summed E-state index contributed by atoms with van der Waals surface area (Å²) in [6, 6.07) is 8.34. The minimum atomic E-state index is 0.168. The molecule has 0 bridgehead atoms. The van der Waals surface area contributed by atoms with Crippen LogP contribution in [0.15, 0.2) is 36.7 Å². The van der Waals surface area contributed by atoms with Gasteiger partial charge in [0, 0.05) is 36.9 Å². The molecule has 1 aliphatic carbocycles. The van der Waals surface area contributed by atoms with Gasteiger partial charge in [-0.25, -0.2) is 4.68 Å². The van der Waals surface area contributed by atoms with Crippen molar-refractivity contribution in [2.75, 3.05) is 20.2 Å². The molecular formula is C17H23N3O. The molecule has 1 N–H and O–H groups in total. The zero-order valence-corrected chi connectivity index (χ0v) is 12.8. The highest BCUT2D eigenvalue weighted by atomic mass is 16.3. The molecule has 112 valence electrons. The Morgan fingerprint density at radius 2 is 2.19 bits per heavy atom. The van der Waals surface area contributed by atoms with Gasteiger partial charge >= 0.3 is 0 Å². The van der Waals surface area contributed by atoms with Crippen molar-refractivity contribution in [3.8, 4) is 5.69 Å². The third kappa shape index (κ3) is 3.34. The van der Waals surface area contributed by atoms with E-state index in [1.54, 1.807) is 0 Å². The van der Waals surface area contributed by atoms with Gasteiger partial charge in [0.15, 0.2) is 0 Å². The number of aliphatic hydroxyl groups is 1. The van der Waals surface area contributed by atoms with Gasteiger partial charge in [0.1, 0.15) is 0 Å². The van der Waals surface area contributed by atoms with Crippen LogP contribution in [0, 0.1) is 12.3 Å². The largest absolute Gasteiger partial charge is 0.396 e. The highest BCUT2D eigenvalue weighted by molar-refractivity contribution is 5.35. The fourth-order valence-electron chi connectivity index (χ4n) is 2.84. The molecule has 4 heteroatoms. The van der Waals surface area contributed by atoms with Gasteiger partial charge in [-0.3, -0.25) is 0 Å². The lowest BCUT2D eigenvalue weighted by Gasteiger charge is -2.21. The topological polar surface area (TPSA) is 41.3 Å². The smallest absolute Gasteiger partial charge is 0.0648 e. The summed E-state index contributed by atoms with van der Waals surface area (Å²) in [4.78, 5) is 2.28. The fourth-order valence-corrected chi connectivity index (χ4v) is 2.84. The van der Waals surface area contributed by atoms with E-state index in [-0.39, 0.29) is 5.41 Å². The normalized spacial score (nSPS) is 16.4. The van der Waals surface area contributed by atoms with Crippen LogP contribution in [0.3, 0.4) is 0 Å². The maximum absolute atomic E-state index is 9.41. The molecule has 0 spiro atoms. The van der Waals surface area contributed by atoms with E-state index in [1.165, 1.54) is 11.1 Å². The lowest BCUT2D eigenvalue weighted by Crippen LogP contribution is -2.28. The lowest BCUT2D eigenvalue weighted by molar-refractivity contribution is 0.161. The summed E-state index contributed by atoms with van der Waals surface area (Å²) in [6.07, 6.45) is 6.31. The van der Waals surface area contributed by atoms with Crippen LogP contribution in [0.4, 0.5) is 0 Å². The Balaban J connectivity index is 1.65. The minimum Gasteiger partial charge on any atom is -0.396 e. The van der Waals surface area contributed by atoms with Crippen LogP contribution >= 0.6 is 0 Å². The highest BCUT2D eigenvalue weighted by Crippen LogP contribution is 2.45. The van der Waals surface area contributed by atoms with Crippen molar-refractivity contribution in [3.05, 3.63) is 47.8 Å². The van der Waals surface area contributed by atoms with Crippen molar-refractivity contribution in [2.24, 2.45) is 5.41 Å². The molecule has 0 aliphatic heterocycles. The molecule has 21 heavy (non-hydrogen) atoms. The number of aryl methyl sites for hydroxylation is 1. The first-order valence-corrected chi connectivity index (χ1v) is 7.50. The molecule has 1 aromatic heterocycles. The summed E-state index contributed by atoms with van der Waals surface area (Å²) in [6.45, 7) is 4.22. The monoisotopic (exact) mass is 285 g/mol. The second kappa shape index (κ2) is 5.62. The summed E-state index contributed by atoms with van der Waals surface area (Å²) >= 11 is 0. The fraction of sp³-hybridized carbons (Fsp3) is 0.471. The molecule has 0 unspecified atom stereocenters. The summed E-state index contributed by atoms with van der Waals surface area (Å²) in [5, 5.41) is 13.9. The Morgan fingerprint density at radius 1 is 1.38 bits per heavy atom. The average Bonchev–Trinajstić information content (AvgIpc) is 3.07. The van der Waals surface area contributed by atoms with Gasteiger partial charge in [0.25, 0.3) is 0 Å². The molecule has 0 radical (unpaired) electrons. The van der Waals surface area contributed by atoms with Crippen LogP contribution in [0.1, 0.15) is 24.0 Å². The van der Waals surface area contributed by atoms with E-state index in [1.807, 2.05) is 10.9 Å². The van der Waals surface area contributed by atoms with Crippen molar-refractivity contribution in [3.63, 3.8) is 0 Å². The molecule has 1 fully saturated rings. The molecular weight excluding hydrogens is 262 g/mol. The molecule has 4 nitrogen and oxygen atoms in total. The van der Waals surface area contributed by atoms with Crippen molar-refractivity contribution in [1.29, 1.82) is 0 Å². The number of rotatable bonds is 6. The van der Waals surface area contributed by atoms with Gasteiger partial charge in [-0.2, -0.15) is 5.10 Å². The zero-order chi connectivity index (χ0) is 14.9. The van der Waals surface area contributed by atoms with Crippen LogP contribution in [-0.2, 0) is 6.54 Å². The van der Waals surface area contributed by atoms with E-state index in [0.29, 0.717) is 6.61 Å². The first-order valence-electron chi connectivity index (χ1n) is 7.50. The second-order valence-corrected chi connectivity index (χ2v) is 6.46. The molecule has 1 saturated carbocycles. The van der Waals surface area contributed by atoms with Crippen molar-refractivity contribution < 1.29 is 5.11 Å². The standard InChI is InChI=1S/C17H23N3O/c1-14-4-3-5-16(8-14)20-11-15(9-18-20)10-19(2)12-17(13-21)6-7-17/h3-5,8-9,11,21H,6-7,10,12-13H2,1-2H3. The maximum Gasteiger partial charge on any atom is 0.0648 e. The molecule has 0 amide bonds. The molecule has 1 aromatic carbocycles. The molecule has 2 aromatic rings. The minimum absolute atomic E-state index is 0.168. The number of benzene rings is 1. The van der Waals surface area contributed by atoms with Gasteiger partial charge in [0.05, 0.1) is 11.9 Å².